The van der Waals surface area contributed by atoms with Crippen LogP contribution < -0.4 is 10.1 Å². The van der Waals surface area contributed by atoms with Crippen molar-refractivity contribution in [2.24, 2.45) is 0 Å². The number of hydrogen-bond donors (Lipinski definition) is 1. The molecule has 24 heavy (non-hydrogen) atoms. The molecule has 1 saturated heterocycles. The summed E-state index contributed by atoms with van der Waals surface area (Å²) in [4.78, 5) is 12.3. The summed E-state index contributed by atoms with van der Waals surface area (Å²) in [5.41, 5.74) is 0.617. The van der Waals surface area contributed by atoms with Gasteiger partial charge in [0.25, 0.3) is 5.91 Å². The minimum absolute atomic E-state index is 0.00663. The Labute approximate surface area is 141 Å². The first-order valence-electron chi connectivity index (χ1n) is 8.33. The molecule has 1 aliphatic rings. The third-order valence-corrected chi connectivity index (χ3v) is 3.97. The minimum Gasteiger partial charge on any atom is -0.491 e. The van der Waals surface area contributed by atoms with Gasteiger partial charge in [0.2, 0.25) is 0 Å². The van der Waals surface area contributed by atoms with E-state index in [1.54, 1.807) is 23.0 Å². The summed E-state index contributed by atoms with van der Waals surface area (Å²) in [6.07, 6.45) is 5.95. The molecule has 1 aliphatic heterocycles. The molecular formula is C18H23N3O3. The van der Waals surface area contributed by atoms with Crippen molar-refractivity contribution in [2.75, 3.05) is 13.2 Å². The third kappa shape index (κ3) is 4.58. The lowest BCUT2D eigenvalue weighted by Gasteiger charge is -2.14. The molecule has 6 heteroatoms. The number of nitrogens with zero attached hydrogens (tertiary/aromatic N) is 2. The summed E-state index contributed by atoms with van der Waals surface area (Å²) < 4.78 is 13.0. The predicted molar refractivity (Wildman–Crippen MR) is 90.1 cm³/mol. The summed E-state index contributed by atoms with van der Waals surface area (Å²) >= 11 is 0. The second-order valence-electron chi connectivity index (χ2n) is 6.07. The molecule has 1 aromatic heterocycles. The fraction of sp³-hybridized carbons (Fsp3) is 0.444. The Morgan fingerprint density at radius 1 is 1.46 bits per heavy atom. The first-order valence-corrected chi connectivity index (χ1v) is 8.33. The highest BCUT2D eigenvalue weighted by Crippen LogP contribution is 2.16. The lowest BCUT2D eigenvalue weighted by Crippen LogP contribution is -2.35. The van der Waals surface area contributed by atoms with Gasteiger partial charge in [0.15, 0.2) is 0 Å². The smallest absolute Gasteiger partial charge is 0.251 e. The van der Waals surface area contributed by atoms with Crippen molar-refractivity contribution < 1.29 is 14.3 Å². The Morgan fingerprint density at radius 3 is 2.96 bits per heavy atom. The maximum Gasteiger partial charge on any atom is 0.251 e. The standard InChI is InChI=1S/C18H23N3O3/c1-14(12-21-10-3-9-19-21)20-18(22)15-5-7-16(8-6-15)24-13-17-4-2-11-23-17/h3,5-10,14,17H,2,4,11-13H2,1H3,(H,20,22). The van der Waals surface area contributed by atoms with Gasteiger partial charge < -0.3 is 14.8 Å². The van der Waals surface area contributed by atoms with Gasteiger partial charge in [0.05, 0.1) is 12.6 Å². The monoisotopic (exact) mass is 329 g/mol. The second-order valence-corrected chi connectivity index (χ2v) is 6.07. The van der Waals surface area contributed by atoms with Crippen LogP contribution in [0, 0.1) is 0 Å². The number of carbonyl (C=O) groups excluding carboxylic acids is 1. The molecule has 1 N–H and O–H groups in total. The number of carbonyl (C=O) groups is 1. The van der Waals surface area contributed by atoms with E-state index in [-0.39, 0.29) is 18.1 Å². The van der Waals surface area contributed by atoms with Gasteiger partial charge in [0, 0.05) is 30.6 Å². The summed E-state index contributed by atoms with van der Waals surface area (Å²) in [6.45, 7) is 3.98. The minimum atomic E-state index is -0.0969. The lowest BCUT2D eigenvalue weighted by molar-refractivity contribution is 0.0679. The zero-order valence-electron chi connectivity index (χ0n) is 13.9. The topological polar surface area (TPSA) is 65.4 Å². The summed E-state index contributed by atoms with van der Waals surface area (Å²) in [5.74, 6) is 0.659. The molecule has 0 spiro atoms. The fourth-order valence-electron chi connectivity index (χ4n) is 2.71. The third-order valence-electron chi connectivity index (χ3n) is 3.97. The molecule has 2 atom stereocenters. The number of nitrogens with one attached hydrogen (secondary N) is 1. The number of aromatic nitrogens is 2. The molecule has 0 aliphatic carbocycles. The van der Waals surface area contributed by atoms with E-state index in [4.69, 9.17) is 9.47 Å². The number of amides is 1. The predicted octanol–water partition coefficient (Wildman–Crippen LogP) is 2.26. The Kier molecular flexibility index (Phi) is 5.48. The highest BCUT2D eigenvalue weighted by molar-refractivity contribution is 5.94. The van der Waals surface area contributed by atoms with Crippen LogP contribution >= 0.6 is 0 Å². The Balaban J connectivity index is 1.47. The van der Waals surface area contributed by atoms with Gasteiger partial charge in [-0.2, -0.15) is 5.10 Å². The molecular weight excluding hydrogens is 306 g/mol. The van der Waals surface area contributed by atoms with Gasteiger partial charge in [-0.3, -0.25) is 9.48 Å². The van der Waals surface area contributed by atoms with E-state index in [9.17, 15) is 4.79 Å². The Bertz CT molecular complexity index is 634. The summed E-state index contributed by atoms with van der Waals surface area (Å²) in [7, 11) is 0. The zero-order valence-corrected chi connectivity index (χ0v) is 13.9. The van der Waals surface area contributed by atoms with E-state index in [1.807, 2.05) is 31.3 Å². The normalized spacial score (nSPS) is 18.3. The van der Waals surface area contributed by atoms with Gasteiger partial charge in [0.1, 0.15) is 12.4 Å². The Hall–Kier alpha value is -2.34. The summed E-state index contributed by atoms with van der Waals surface area (Å²) in [5, 5.41) is 7.11. The van der Waals surface area contributed by atoms with Crippen molar-refractivity contribution in [1.29, 1.82) is 0 Å². The Morgan fingerprint density at radius 2 is 2.29 bits per heavy atom. The highest BCUT2D eigenvalue weighted by atomic mass is 16.5. The average molecular weight is 329 g/mol. The van der Waals surface area contributed by atoms with Crippen LogP contribution in [-0.2, 0) is 11.3 Å². The number of ether oxygens (including phenoxy) is 2. The molecule has 2 aromatic rings. The van der Waals surface area contributed by atoms with E-state index in [0.29, 0.717) is 18.7 Å². The molecule has 2 heterocycles. The van der Waals surface area contributed by atoms with E-state index in [0.717, 1.165) is 25.2 Å². The van der Waals surface area contributed by atoms with Crippen molar-refractivity contribution in [3.8, 4) is 5.75 Å². The fourth-order valence-corrected chi connectivity index (χ4v) is 2.71. The van der Waals surface area contributed by atoms with Crippen LogP contribution in [0.2, 0.25) is 0 Å². The molecule has 0 saturated carbocycles. The van der Waals surface area contributed by atoms with Crippen molar-refractivity contribution in [1.82, 2.24) is 15.1 Å². The largest absolute Gasteiger partial charge is 0.491 e. The van der Waals surface area contributed by atoms with E-state index >= 15 is 0 Å². The number of benzene rings is 1. The molecule has 2 unspecified atom stereocenters. The van der Waals surface area contributed by atoms with Crippen LogP contribution in [0.15, 0.2) is 42.7 Å². The number of hydrogen-bond acceptors (Lipinski definition) is 4. The number of rotatable bonds is 7. The maximum atomic E-state index is 12.3. The van der Waals surface area contributed by atoms with E-state index in [1.165, 1.54) is 0 Å². The van der Waals surface area contributed by atoms with Crippen LogP contribution in [0.5, 0.6) is 5.75 Å². The molecule has 0 radical (unpaired) electrons. The van der Waals surface area contributed by atoms with Gasteiger partial charge in [-0.15, -0.1) is 0 Å². The van der Waals surface area contributed by atoms with Crippen LogP contribution in [0.1, 0.15) is 30.1 Å². The van der Waals surface area contributed by atoms with Crippen LogP contribution in [-0.4, -0.2) is 41.0 Å². The summed E-state index contributed by atoms with van der Waals surface area (Å²) in [6, 6.07) is 9.06. The van der Waals surface area contributed by atoms with E-state index < -0.39 is 0 Å². The van der Waals surface area contributed by atoms with Crippen LogP contribution in [0.25, 0.3) is 0 Å². The first-order chi connectivity index (χ1) is 11.7. The van der Waals surface area contributed by atoms with Gasteiger partial charge in [-0.25, -0.2) is 0 Å². The molecule has 6 nitrogen and oxygen atoms in total. The lowest BCUT2D eigenvalue weighted by atomic mass is 10.2. The van der Waals surface area contributed by atoms with Gasteiger partial charge in [-0.05, 0) is 50.1 Å². The second kappa shape index (κ2) is 7.97. The van der Waals surface area contributed by atoms with Crippen LogP contribution in [0.3, 0.4) is 0 Å². The van der Waals surface area contributed by atoms with Crippen molar-refractivity contribution in [3.63, 3.8) is 0 Å². The maximum absolute atomic E-state index is 12.3. The molecule has 0 bridgehead atoms. The van der Waals surface area contributed by atoms with Crippen molar-refractivity contribution >= 4 is 5.91 Å². The first kappa shape index (κ1) is 16.5. The molecule has 1 amide bonds. The van der Waals surface area contributed by atoms with E-state index in [2.05, 4.69) is 10.4 Å². The van der Waals surface area contributed by atoms with Crippen molar-refractivity contribution in [3.05, 3.63) is 48.3 Å². The average Bonchev–Trinajstić information content (AvgIpc) is 3.27. The molecule has 3 rings (SSSR count). The van der Waals surface area contributed by atoms with Crippen molar-refractivity contribution in [2.45, 2.75) is 38.5 Å². The quantitative estimate of drug-likeness (QED) is 0.846. The SMILES string of the molecule is CC(Cn1cccn1)NC(=O)c1ccc(OCC2CCCO2)cc1. The molecule has 128 valence electrons. The van der Waals surface area contributed by atoms with Gasteiger partial charge >= 0.3 is 0 Å². The molecule has 1 aromatic carbocycles. The van der Waals surface area contributed by atoms with Crippen LogP contribution in [0.4, 0.5) is 0 Å². The highest BCUT2D eigenvalue weighted by Gasteiger charge is 2.16. The zero-order chi connectivity index (χ0) is 16.8. The van der Waals surface area contributed by atoms with Gasteiger partial charge in [-0.1, -0.05) is 0 Å². The molecule has 1 fully saturated rings.